The zero-order valence-corrected chi connectivity index (χ0v) is 16.9. The zero-order chi connectivity index (χ0) is 20.5. The Morgan fingerprint density at radius 2 is 1.89 bits per heavy atom. The van der Waals surface area contributed by atoms with Gasteiger partial charge in [0.1, 0.15) is 0 Å². The van der Waals surface area contributed by atoms with E-state index in [1.54, 1.807) is 18.3 Å². The SMILES string of the molecule is CCCc1[nH]n(-c2ccc([N+](=O)[O-])cc2)c(=O)c1C=NCCCN(CC)CC. The molecule has 0 aliphatic heterocycles. The summed E-state index contributed by atoms with van der Waals surface area (Å²) in [5.41, 5.74) is 1.76. The largest absolute Gasteiger partial charge is 0.304 e. The lowest BCUT2D eigenvalue weighted by atomic mass is 10.2. The number of nitro groups is 1. The van der Waals surface area contributed by atoms with Crippen LogP contribution in [0.3, 0.4) is 0 Å². The lowest BCUT2D eigenvalue weighted by Gasteiger charge is -2.16. The topological polar surface area (TPSA) is 96.5 Å². The van der Waals surface area contributed by atoms with Gasteiger partial charge in [-0.05, 0) is 44.6 Å². The number of hydrogen-bond donors (Lipinski definition) is 1. The van der Waals surface area contributed by atoms with Gasteiger partial charge in [-0.3, -0.25) is 25.0 Å². The zero-order valence-electron chi connectivity index (χ0n) is 16.9. The Balaban J connectivity index is 2.19. The van der Waals surface area contributed by atoms with E-state index in [4.69, 9.17) is 0 Å². The molecule has 0 unspecified atom stereocenters. The summed E-state index contributed by atoms with van der Waals surface area (Å²) in [5.74, 6) is 0. The number of nitrogens with one attached hydrogen (secondary N) is 1. The van der Waals surface area contributed by atoms with Gasteiger partial charge in [0.15, 0.2) is 0 Å². The number of aromatic nitrogens is 2. The van der Waals surface area contributed by atoms with E-state index >= 15 is 0 Å². The van der Waals surface area contributed by atoms with Crippen molar-refractivity contribution in [3.63, 3.8) is 0 Å². The standard InChI is InChI=1S/C20H29N5O3/c1-4-8-19-18(15-21-13-7-14-23(5-2)6-3)20(26)24(22-19)16-9-11-17(12-10-16)25(27)28/h9-12,15,22H,4-8,13-14H2,1-3H3. The molecule has 28 heavy (non-hydrogen) atoms. The molecule has 0 saturated heterocycles. The molecule has 1 N–H and O–H groups in total. The van der Waals surface area contributed by atoms with Gasteiger partial charge in [0.25, 0.3) is 11.2 Å². The van der Waals surface area contributed by atoms with E-state index in [1.807, 2.05) is 6.92 Å². The van der Waals surface area contributed by atoms with E-state index in [0.29, 0.717) is 17.8 Å². The molecule has 0 spiro atoms. The third kappa shape index (κ3) is 5.39. The van der Waals surface area contributed by atoms with Crippen molar-refractivity contribution in [2.45, 2.75) is 40.0 Å². The Hall–Kier alpha value is -2.74. The number of nitrogens with zero attached hydrogens (tertiary/aromatic N) is 4. The number of aliphatic imine (C=N–C) groups is 1. The molecule has 1 aromatic carbocycles. The number of rotatable bonds is 11. The molecular formula is C20H29N5O3. The smallest absolute Gasteiger partial charge is 0.280 e. The van der Waals surface area contributed by atoms with E-state index in [1.165, 1.54) is 16.8 Å². The van der Waals surface area contributed by atoms with Crippen molar-refractivity contribution in [3.05, 3.63) is 56.0 Å². The average molecular weight is 387 g/mol. The second-order valence-corrected chi connectivity index (χ2v) is 6.58. The van der Waals surface area contributed by atoms with Gasteiger partial charge in [-0.1, -0.05) is 27.2 Å². The molecule has 0 saturated carbocycles. The van der Waals surface area contributed by atoms with Gasteiger partial charge in [-0.2, -0.15) is 0 Å². The van der Waals surface area contributed by atoms with Gasteiger partial charge in [-0.25, -0.2) is 4.68 Å². The molecule has 1 aromatic heterocycles. The van der Waals surface area contributed by atoms with Gasteiger partial charge >= 0.3 is 0 Å². The summed E-state index contributed by atoms with van der Waals surface area (Å²) in [4.78, 5) is 30.0. The van der Waals surface area contributed by atoms with Crippen molar-refractivity contribution in [2.24, 2.45) is 4.99 Å². The molecule has 152 valence electrons. The molecule has 1 heterocycles. The number of nitro benzene ring substituents is 1. The van der Waals surface area contributed by atoms with Crippen molar-refractivity contribution in [1.29, 1.82) is 0 Å². The second kappa shape index (κ2) is 10.6. The van der Waals surface area contributed by atoms with Crippen LogP contribution in [0, 0.1) is 10.1 Å². The normalized spacial score (nSPS) is 11.6. The van der Waals surface area contributed by atoms with Crippen LogP contribution in [-0.4, -0.2) is 52.0 Å². The molecule has 0 aliphatic rings. The van der Waals surface area contributed by atoms with Crippen molar-refractivity contribution in [1.82, 2.24) is 14.7 Å². The molecule has 0 bridgehead atoms. The van der Waals surface area contributed by atoms with E-state index in [2.05, 4.69) is 28.8 Å². The summed E-state index contributed by atoms with van der Waals surface area (Å²) in [5, 5.41) is 13.9. The average Bonchev–Trinajstić information content (AvgIpc) is 3.00. The van der Waals surface area contributed by atoms with Gasteiger partial charge in [-0.15, -0.1) is 0 Å². The molecule has 8 nitrogen and oxygen atoms in total. The van der Waals surface area contributed by atoms with Gasteiger partial charge in [0.2, 0.25) is 0 Å². The highest BCUT2D eigenvalue weighted by molar-refractivity contribution is 5.80. The van der Waals surface area contributed by atoms with Crippen LogP contribution in [0.5, 0.6) is 0 Å². The van der Waals surface area contributed by atoms with Crippen LogP contribution in [0.15, 0.2) is 34.1 Å². The predicted octanol–water partition coefficient (Wildman–Crippen LogP) is 3.18. The first-order valence-electron chi connectivity index (χ1n) is 9.82. The summed E-state index contributed by atoms with van der Waals surface area (Å²) in [6, 6.07) is 5.92. The van der Waals surface area contributed by atoms with Gasteiger partial charge in [0.05, 0.1) is 16.2 Å². The first kappa shape index (κ1) is 21.6. The minimum Gasteiger partial charge on any atom is -0.304 e. The minimum atomic E-state index is -0.458. The second-order valence-electron chi connectivity index (χ2n) is 6.58. The lowest BCUT2D eigenvalue weighted by Crippen LogP contribution is -2.24. The van der Waals surface area contributed by atoms with E-state index < -0.39 is 4.92 Å². The van der Waals surface area contributed by atoms with Crippen molar-refractivity contribution in [3.8, 4) is 5.69 Å². The highest BCUT2D eigenvalue weighted by atomic mass is 16.6. The summed E-state index contributed by atoms with van der Waals surface area (Å²) < 4.78 is 1.42. The van der Waals surface area contributed by atoms with E-state index in [-0.39, 0.29) is 11.2 Å². The minimum absolute atomic E-state index is 0.00729. The summed E-state index contributed by atoms with van der Waals surface area (Å²) >= 11 is 0. The molecule has 0 radical (unpaired) electrons. The van der Waals surface area contributed by atoms with Crippen LogP contribution < -0.4 is 5.56 Å². The summed E-state index contributed by atoms with van der Waals surface area (Å²) in [6.45, 7) is 10.1. The molecular weight excluding hydrogens is 358 g/mol. The van der Waals surface area contributed by atoms with Crippen LogP contribution in [0.1, 0.15) is 44.9 Å². The Labute approximate surface area is 165 Å². The van der Waals surface area contributed by atoms with Crippen LogP contribution in [0.25, 0.3) is 5.69 Å². The van der Waals surface area contributed by atoms with Crippen molar-refractivity contribution in [2.75, 3.05) is 26.2 Å². The number of non-ortho nitro benzene ring substituents is 1. The Bertz CT molecular complexity index is 848. The number of hydrogen-bond acceptors (Lipinski definition) is 5. The van der Waals surface area contributed by atoms with E-state index in [0.717, 1.165) is 44.6 Å². The first-order valence-corrected chi connectivity index (χ1v) is 9.82. The molecule has 0 fully saturated rings. The number of H-pyrrole nitrogens is 1. The highest BCUT2D eigenvalue weighted by Gasteiger charge is 2.14. The Kier molecular flexibility index (Phi) is 8.13. The van der Waals surface area contributed by atoms with Crippen LogP contribution >= 0.6 is 0 Å². The van der Waals surface area contributed by atoms with Gasteiger partial charge < -0.3 is 4.90 Å². The number of benzene rings is 1. The fraction of sp³-hybridized carbons (Fsp3) is 0.500. The molecule has 8 heteroatoms. The monoisotopic (exact) mass is 387 g/mol. The molecule has 2 aromatic rings. The maximum absolute atomic E-state index is 12.8. The van der Waals surface area contributed by atoms with Crippen LogP contribution in [-0.2, 0) is 6.42 Å². The first-order chi connectivity index (χ1) is 13.5. The van der Waals surface area contributed by atoms with Crippen molar-refractivity contribution >= 4 is 11.9 Å². The molecule has 0 aliphatic carbocycles. The fourth-order valence-electron chi connectivity index (χ4n) is 3.06. The van der Waals surface area contributed by atoms with E-state index in [9.17, 15) is 14.9 Å². The van der Waals surface area contributed by atoms with Crippen LogP contribution in [0.4, 0.5) is 5.69 Å². The Morgan fingerprint density at radius 1 is 1.21 bits per heavy atom. The maximum Gasteiger partial charge on any atom is 0.280 e. The lowest BCUT2D eigenvalue weighted by molar-refractivity contribution is -0.384. The van der Waals surface area contributed by atoms with Gasteiger partial charge in [0, 0.05) is 30.6 Å². The summed E-state index contributed by atoms with van der Waals surface area (Å²) in [7, 11) is 0. The van der Waals surface area contributed by atoms with Crippen molar-refractivity contribution < 1.29 is 4.92 Å². The summed E-state index contributed by atoms with van der Waals surface area (Å²) in [6.07, 6.45) is 4.23. The molecule has 0 amide bonds. The Morgan fingerprint density at radius 3 is 2.46 bits per heavy atom. The maximum atomic E-state index is 12.8. The predicted molar refractivity (Wildman–Crippen MR) is 112 cm³/mol. The fourth-order valence-corrected chi connectivity index (χ4v) is 3.06. The highest BCUT2D eigenvalue weighted by Crippen LogP contribution is 2.15. The van der Waals surface area contributed by atoms with Crippen LogP contribution in [0.2, 0.25) is 0 Å². The third-order valence-electron chi connectivity index (χ3n) is 4.70. The number of aryl methyl sites for hydroxylation is 1. The third-order valence-corrected chi connectivity index (χ3v) is 4.70. The molecule has 2 rings (SSSR count). The molecule has 0 atom stereocenters. The quantitative estimate of drug-likeness (QED) is 0.277. The number of aromatic amines is 1.